The molecule has 0 saturated carbocycles. The van der Waals surface area contributed by atoms with Crippen LogP contribution in [0.3, 0.4) is 0 Å². The van der Waals surface area contributed by atoms with Crippen molar-refractivity contribution in [3.8, 4) is 11.5 Å². The van der Waals surface area contributed by atoms with Gasteiger partial charge in [-0.15, -0.1) is 0 Å². The van der Waals surface area contributed by atoms with E-state index in [-0.39, 0.29) is 11.8 Å². The largest absolute Gasteiger partial charge is 0.486 e. The summed E-state index contributed by atoms with van der Waals surface area (Å²) in [5.41, 5.74) is 2.17. The Balaban J connectivity index is 1.35. The fraction of sp³-hybridized carbons (Fsp3) is 0.273. The highest BCUT2D eigenvalue weighted by atomic mass is 32.2. The third-order valence-electron chi connectivity index (χ3n) is 5.12. The van der Waals surface area contributed by atoms with Crippen molar-refractivity contribution in [2.24, 2.45) is 9.98 Å². The van der Waals surface area contributed by atoms with Crippen LogP contribution < -0.4 is 14.8 Å². The molecule has 5 rings (SSSR count). The molecule has 2 aromatic carbocycles. The van der Waals surface area contributed by atoms with Crippen LogP contribution in [0.15, 0.2) is 52.4 Å². The van der Waals surface area contributed by atoms with E-state index < -0.39 is 11.3 Å². The van der Waals surface area contributed by atoms with Gasteiger partial charge >= 0.3 is 0 Å². The van der Waals surface area contributed by atoms with Crippen molar-refractivity contribution in [3.63, 3.8) is 0 Å². The van der Waals surface area contributed by atoms with Crippen LogP contribution in [0.25, 0.3) is 0 Å². The average molecular weight is 436 g/mol. The van der Waals surface area contributed by atoms with Gasteiger partial charge in [0.05, 0.1) is 10.9 Å². The molecule has 0 fully saturated rings. The highest BCUT2D eigenvalue weighted by Crippen LogP contribution is 2.35. The van der Waals surface area contributed by atoms with Gasteiger partial charge < -0.3 is 14.8 Å². The third-order valence-corrected chi connectivity index (χ3v) is 6.17. The highest BCUT2D eigenvalue weighted by molar-refractivity contribution is 8.15. The first-order chi connectivity index (χ1) is 15.0. The van der Waals surface area contributed by atoms with E-state index in [4.69, 9.17) is 9.47 Å². The molecule has 1 N–H and O–H groups in total. The molecular formula is C22H20N4O4S. The monoisotopic (exact) mass is 436 g/mol. The Bertz CT molecular complexity index is 1150. The predicted octanol–water partition coefficient (Wildman–Crippen LogP) is 3.20. The summed E-state index contributed by atoms with van der Waals surface area (Å²) in [5, 5.41) is 2.85. The number of fused-ring (bicyclic) bond motifs is 4. The van der Waals surface area contributed by atoms with Crippen molar-refractivity contribution >= 4 is 46.0 Å². The van der Waals surface area contributed by atoms with Crippen LogP contribution in [0.2, 0.25) is 0 Å². The molecule has 0 aromatic heterocycles. The standard InChI is InChI=1S/C22H20N4O4S/c1-12-21(28)26-19(23-12)15-5-3-4-6-16(15)25-22(26)31-13(2)20(27)24-14-7-8-17-18(11-14)30-10-9-29-17/h3-8,11-13H,9-10H2,1-2H3,(H,24,27)/t12-,13-/m1/s1. The normalized spacial score (nSPS) is 19.7. The summed E-state index contributed by atoms with van der Waals surface area (Å²) in [4.78, 5) is 36.3. The number of anilines is 1. The lowest BCUT2D eigenvalue weighted by Gasteiger charge is -2.26. The second-order valence-corrected chi connectivity index (χ2v) is 8.63. The quantitative estimate of drug-likeness (QED) is 0.798. The van der Waals surface area contributed by atoms with Crippen LogP contribution in [0.1, 0.15) is 19.4 Å². The number of benzene rings is 2. The third kappa shape index (κ3) is 3.54. The number of rotatable bonds is 3. The molecule has 158 valence electrons. The van der Waals surface area contributed by atoms with Crippen LogP contribution in [-0.2, 0) is 9.59 Å². The molecule has 0 unspecified atom stereocenters. The summed E-state index contributed by atoms with van der Waals surface area (Å²) in [6.45, 7) is 4.53. The number of aliphatic imine (C=N–C) groups is 2. The van der Waals surface area contributed by atoms with Crippen LogP contribution in [-0.4, -0.2) is 52.2 Å². The lowest BCUT2D eigenvalue weighted by atomic mass is 10.1. The number of para-hydroxylation sites is 1. The summed E-state index contributed by atoms with van der Waals surface area (Å²) in [6, 6.07) is 12.4. The van der Waals surface area contributed by atoms with Crippen molar-refractivity contribution in [2.45, 2.75) is 25.1 Å². The van der Waals surface area contributed by atoms with Gasteiger partial charge in [0.1, 0.15) is 25.1 Å². The number of thioether (sulfide) groups is 1. The molecule has 2 atom stereocenters. The Morgan fingerprint density at radius 1 is 1.19 bits per heavy atom. The molecule has 3 heterocycles. The number of nitrogens with one attached hydrogen (secondary N) is 1. The Morgan fingerprint density at radius 3 is 2.81 bits per heavy atom. The smallest absolute Gasteiger partial charge is 0.258 e. The number of amides is 2. The van der Waals surface area contributed by atoms with Crippen molar-refractivity contribution in [3.05, 3.63) is 48.0 Å². The van der Waals surface area contributed by atoms with E-state index in [2.05, 4.69) is 15.3 Å². The van der Waals surface area contributed by atoms with Gasteiger partial charge in [-0.3, -0.25) is 14.6 Å². The van der Waals surface area contributed by atoms with Crippen molar-refractivity contribution in [1.29, 1.82) is 0 Å². The number of hydrogen-bond donors (Lipinski definition) is 1. The lowest BCUT2D eigenvalue weighted by Crippen LogP contribution is -2.41. The Kier molecular flexibility index (Phi) is 4.90. The number of carbonyl (C=O) groups is 2. The van der Waals surface area contributed by atoms with Crippen molar-refractivity contribution in [2.75, 3.05) is 18.5 Å². The average Bonchev–Trinajstić information content (AvgIpc) is 3.08. The first kappa shape index (κ1) is 19.6. The molecular weight excluding hydrogens is 416 g/mol. The van der Waals surface area contributed by atoms with E-state index in [0.29, 0.717) is 41.4 Å². The zero-order chi connectivity index (χ0) is 21.5. The summed E-state index contributed by atoms with van der Waals surface area (Å²) in [6.07, 6.45) is 0. The molecule has 0 radical (unpaired) electrons. The SMILES string of the molecule is C[C@H]1N=C2c3ccccc3N=C(S[C@H](C)C(=O)Nc3ccc4c(c3)OCCO4)N2C1=O. The first-order valence-electron chi connectivity index (χ1n) is 9.98. The minimum Gasteiger partial charge on any atom is -0.486 e. The van der Waals surface area contributed by atoms with Gasteiger partial charge in [0, 0.05) is 17.3 Å². The summed E-state index contributed by atoms with van der Waals surface area (Å²) < 4.78 is 11.1. The fourth-order valence-electron chi connectivity index (χ4n) is 3.53. The van der Waals surface area contributed by atoms with Gasteiger partial charge in [-0.1, -0.05) is 23.9 Å². The molecule has 0 bridgehead atoms. The predicted molar refractivity (Wildman–Crippen MR) is 119 cm³/mol. The minimum atomic E-state index is -0.498. The molecule has 3 aliphatic heterocycles. The van der Waals surface area contributed by atoms with E-state index in [1.165, 1.54) is 16.7 Å². The molecule has 31 heavy (non-hydrogen) atoms. The lowest BCUT2D eigenvalue weighted by molar-refractivity contribution is -0.124. The minimum absolute atomic E-state index is 0.143. The molecule has 2 amide bonds. The number of hydrogen-bond acceptors (Lipinski definition) is 7. The maximum absolute atomic E-state index is 12.8. The van der Waals surface area contributed by atoms with E-state index in [1.54, 1.807) is 32.0 Å². The van der Waals surface area contributed by atoms with E-state index in [9.17, 15) is 9.59 Å². The zero-order valence-corrected chi connectivity index (χ0v) is 17.8. The van der Waals surface area contributed by atoms with Crippen LogP contribution in [0.5, 0.6) is 11.5 Å². The maximum atomic E-state index is 12.8. The van der Waals surface area contributed by atoms with E-state index in [1.807, 2.05) is 24.3 Å². The molecule has 3 aliphatic rings. The molecule has 9 heteroatoms. The summed E-state index contributed by atoms with van der Waals surface area (Å²) >= 11 is 1.23. The Morgan fingerprint density at radius 2 is 1.97 bits per heavy atom. The molecule has 2 aromatic rings. The second-order valence-electron chi connectivity index (χ2n) is 7.32. The number of ether oxygens (including phenoxy) is 2. The number of carbonyl (C=O) groups excluding carboxylic acids is 2. The molecule has 0 spiro atoms. The highest BCUT2D eigenvalue weighted by Gasteiger charge is 2.40. The number of amidine groups is 2. The van der Waals surface area contributed by atoms with Crippen molar-refractivity contribution in [1.82, 2.24) is 4.90 Å². The molecule has 0 saturated heterocycles. The maximum Gasteiger partial charge on any atom is 0.258 e. The zero-order valence-electron chi connectivity index (χ0n) is 17.0. The van der Waals surface area contributed by atoms with E-state index in [0.717, 1.165) is 11.3 Å². The van der Waals surface area contributed by atoms with Crippen LogP contribution in [0.4, 0.5) is 11.4 Å². The van der Waals surface area contributed by atoms with E-state index >= 15 is 0 Å². The summed E-state index contributed by atoms with van der Waals surface area (Å²) in [7, 11) is 0. The van der Waals surface area contributed by atoms with Gasteiger partial charge in [-0.2, -0.15) is 0 Å². The van der Waals surface area contributed by atoms with Gasteiger partial charge in [0.25, 0.3) is 5.91 Å². The molecule has 8 nitrogen and oxygen atoms in total. The van der Waals surface area contributed by atoms with Crippen LogP contribution >= 0.6 is 11.8 Å². The van der Waals surface area contributed by atoms with Crippen LogP contribution in [0, 0.1) is 0 Å². The second kappa shape index (κ2) is 7.73. The van der Waals surface area contributed by atoms with Gasteiger partial charge in [-0.25, -0.2) is 9.89 Å². The van der Waals surface area contributed by atoms with Gasteiger partial charge in [0.2, 0.25) is 5.91 Å². The Hall–Kier alpha value is -3.33. The Labute approximate surface area is 183 Å². The topological polar surface area (TPSA) is 92.6 Å². The number of nitrogens with zero attached hydrogens (tertiary/aromatic N) is 3. The van der Waals surface area contributed by atoms with Crippen molar-refractivity contribution < 1.29 is 19.1 Å². The van der Waals surface area contributed by atoms with Gasteiger partial charge in [0.15, 0.2) is 16.7 Å². The first-order valence-corrected chi connectivity index (χ1v) is 10.9. The summed E-state index contributed by atoms with van der Waals surface area (Å²) in [5.74, 6) is 1.51. The van der Waals surface area contributed by atoms with Gasteiger partial charge in [-0.05, 0) is 38.1 Å². The fourth-order valence-corrected chi connectivity index (χ4v) is 4.45. The molecule has 0 aliphatic carbocycles.